The van der Waals surface area contributed by atoms with E-state index in [4.69, 9.17) is 0 Å². The van der Waals surface area contributed by atoms with Gasteiger partial charge in [-0.25, -0.2) is 4.79 Å². The number of para-hydroxylation sites is 1. The van der Waals surface area contributed by atoms with Gasteiger partial charge in [0.15, 0.2) is 0 Å². The van der Waals surface area contributed by atoms with Gasteiger partial charge in [-0.05, 0) is 50.9 Å². The quantitative estimate of drug-likeness (QED) is 0.262. The average molecular weight is 450 g/mol. The maximum absolute atomic E-state index is 13.5. The van der Waals surface area contributed by atoms with E-state index in [1.165, 1.54) is 0 Å². The van der Waals surface area contributed by atoms with E-state index in [0.717, 1.165) is 21.7 Å². The molecule has 5 aromatic rings. The fourth-order valence-electron chi connectivity index (χ4n) is 4.24. The van der Waals surface area contributed by atoms with Crippen LogP contribution in [-0.4, -0.2) is 17.0 Å². The van der Waals surface area contributed by atoms with E-state index in [1.54, 1.807) is 30.3 Å². The molecule has 5 heteroatoms. The average Bonchev–Trinajstić information content (AvgIpc) is 2.83. The van der Waals surface area contributed by atoms with Crippen LogP contribution in [0.4, 0.5) is 5.69 Å². The number of fused-ring (bicyclic) bond motifs is 2. The van der Waals surface area contributed by atoms with Crippen molar-refractivity contribution in [3.63, 3.8) is 0 Å². The molecule has 0 aliphatic rings. The van der Waals surface area contributed by atoms with Gasteiger partial charge >= 0.3 is 5.97 Å². The zero-order valence-corrected chi connectivity index (χ0v) is 18.3. The van der Waals surface area contributed by atoms with Gasteiger partial charge in [0.05, 0.1) is 16.8 Å². The molecular weight excluding hydrogens is 430 g/mol. The van der Waals surface area contributed by atoms with E-state index in [2.05, 4.69) is 17.9 Å². The summed E-state index contributed by atoms with van der Waals surface area (Å²) in [5.41, 5.74) is 1.88. The molecule has 33 heavy (non-hydrogen) atoms. The normalized spacial score (nSPS) is 10.9. The van der Waals surface area contributed by atoms with Gasteiger partial charge < -0.3 is 10.4 Å². The highest BCUT2D eigenvalue weighted by Gasteiger charge is 2.26. The molecule has 0 aliphatic heterocycles. The minimum atomic E-state index is -1.16. The second-order valence-corrected chi connectivity index (χ2v) is 8.18. The fraction of sp³-hybridized carbons (Fsp3) is 0. The van der Waals surface area contributed by atoms with Crippen molar-refractivity contribution in [2.24, 2.45) is 0 Å². The number of carbonyl (C=O) groups excluding carboxylic acids is 1. The molecule has 0 aliphatic carbocycles. The molecule has 0 bridgehead atoms. The van der Waals surface area contributed by atoms with Crippen LogP contribution in [0.25, 0.3) is 32.7 Å². The van der Waals surface area contributed by atoms with Gasteiger partial charge in [-0.3, -0.25) is 4.79 Å². The van der Waals surface area contributed by atoms with Gasteiger partial charge in [0, 0.05) is 4.90 Å². The van der Waals surface area contributed by atoms with Crippen molar-refractivity contribution in [2.75, 3.05) is 5.32 Å². The molecule has 160 valence electrons. The van der Waals surface area contributed by atoms with Crippen molar-refractivity contribution in [3.8, 4) is 11.1 Å². The molecule has 1 amide bonds. The zero-order valence-electron chi connectivity index (χ0n) is 17.4. The van der Waals surface area contributed by atoms with Crippen LogP contribution < -0.4 is 5.32 Å². The van der Waals surface area contributed by atoms with Crippen LogP contribution in [0.5, 0.6) is 0 Å². The largest absolute Gasteiger partial charge is 0.478 e. The Balaban J connectivity index is 1.82. The van der Waals surface area contributed by atoms with E-state index in [0.29, 0.717) is 21.5 Å². The number of amides is 1. The molecule has 0 spiro atoms. The number of anilines is 1. The van der Waals surface area contributed by atoms with Gasteiger partial charge in [-0.1, -0.05) is 78.9 Å². The first kappa shape index (κ1) is 20.8. The first-order valence-electron chi connectivity index (χ1n) is 10.4. The van der Waals surface area contributed by atoms with Gasteiger partial charge in [0.25, 0.3) is 5.91 Å². The van der Waals surface area contributed by atoms with E-state index in [-0.39, 0.29) is 11.1 Å². The lowest BCUT2D eigenvalue weighted by molar-refractivity contribution is 0.0693. The third-order valence-corrected chi connectivity index (χ3v) is 6.11. The molecular formula is C28H19NO3S. The van der Waals surface area contributed by atoms with Crippen molar-refractivity contribution < 1.29 is 14.7 Å². The molecule has 4 nitrogen and oxygen atoms in total. The van der Waals surface area contributed by atoms with Crippen LogP contribution in [-0.2, 0) is 0 Å². The van der Waals surface area contributed by atoms with Crippen molar-refractivity contribution >= 4 is 51.7 Å². The molecule has 0 heterocycles. The summed E-state index contributed by atoms with van der Waals surface area (Å²) >= 11 is 4.41. The summed E-state index contributed by atoms with van der Waals surface area (Å²) < 4.78 is 0. The highest BCUT2D eigenvalue weighted by atomic mass is 32.1. The van der Waals surface area contributed by atoms with Gasteiger partial charge in [0.1, 0.15) is 0 Å². The first-order chi connectivity index (χ1) is 16.0. The molecule has 0 saturated carbocycles. The zero-order chi connectivity index (χ0) is 22.9. The number of carboxylic acid groups (broad SMARTS) is 1. The highest BCUT2D eigenvalue weighted by Crippen LogP contribution is 2.37. The van der Waals surface area contributed by atoms with Crippen LogP contribution in [0.2, 0.25) is 0 Å². The summed E-state index contributed by atoms with van der Waals surface area (Å²) in [6.45, 7) is 0. The Labute approximate surface area is 195 Å². The number of benzene rings is 5. The number of rotatable bonds is 4. The maximum Gasteiger partial charge on any atom is 0.337 e. The van der Waals surface area contributed by atoms with Crippen LogP contribution in [0, 0.1) is 0 Å². The summed E-state index contributed by atoms with van der Waals surface area (Å²) in [7, 11) is 0. The third kappa shape index (κ3) is 3.73. The number of aromatic carboxylic acids is 1. The lowest BCUT2D eigenvalue weighted by atomic mass is 9.88. The molecule has 0 unspecified atom stereocenters. The smallest absolute Gasteiger partial charge is 0.337 e. The Morgan fingerprint density at radius 1 is 0.667 bits per heavy atom. The van der Waals surface area contributed by atoms with E-state index in [1.807, 2.05) is 66.7 Å². The first-order valence-corrected chi connectivity index (χ1v) is 10.9. The number of hydrogen-bond donors (Lipinski definition) is 3. The predicted molar refractivity (Wildman–Crippen MR) is 135 cm³/mol. The Morgan fingerprint density at radius 3 is 2.06 bits per heavy atom. The Morgan fingerprint density at radius 2 is 1.30 bits per heavy atom. The summed E-state index contributed by atoms with van der Waals surface area (Å²) in [5, 5.41) is 16.4. The Bertz CT molecular complexity index is 1550. The molecule has 0 saturated heterocycles. The molecule has 5 rings (SSSR count). The second-order valence-electron chi connectivity index (χ2n) is 7.70. The molecule has 0 aromatic heterocycles. The lowest BCUT2D eigenvalue weighted by Gasteiger charge is -2.17. The highest BCUT2D eigenvalue weighted by molar-refractivity contribution is 7.80. The SMILES string of the molecule is O=C(O)c1c(-c2cccc3ccccc23)cc2ccccc2c1C(=O)Nc1ccccc1S. The topological polar surface area (TPSA) is 66.4 Å². The number of carboxylic acids is 1. The van der Waals surface area contributed by atoms with Crippen molar-refractivity contribution in [3.05, 3.63) is 108 Å². The van der Waals surface area contributed by atoms with Crippen LogP contribution in [0.15, 0.2) is 102 Å². The lowest BCUT2D eigenvalue weighted by Crippen LogP contribution is -2.18. The minimum Gasteiger partial charge on any atom is -0.478 e. The van der Waals surface area contributed by atoms with Crippen molar-refractivity contribution in [1.29, 1.82) is 0 Å². The van der Waals surface area contributed by atoms with Crippen LogP contribution in [0.3, 0.4) is 0 Å². The van der Waals surface area contributed by atoms with E-state index in [9.17, 15) is 14.7 Å². The van der Waals surface area contributed by atoms with Crippen LogP contribution in [0.1, 0.15) is 20.7 Å². The molecule has 5 aromatic carbocycles. The fourth-order valence-corrected chi connectivity index (χ4v) is 4.46. The molecule has 0 radical (unpaired) electrons. The monoisotopic (exact) mass is 449 g/mol. The summed E-state index contributed by atoms with van der Waals surface area (Å²) in [6, 6.07) is 29.9. The van der Waals surface area contributed by atoms with E-state index < -0.39 is 11.9 Å². The van der Waals surface area contributed by atoms with Crippen molar-refractivity contribution in [2.45, 2.75) is 4.90 Å². The van der Waals surface area contributed by atoms with Gasteiger partial charge in [-0.2, -0.15) is 0 Å². The maximum atomic E-state index is 13.5. The second kappa shape index (κ2) is 8.45. The molecule has 0 fully saturated rings. The molecule has 2 N–H and O–H groups in total. The Hall–Kier alpha value is -4.09. The number of carbonyl (C=O) groups is 2. The van der Waals surface area contributed by atoms with E-state index >= 15 is 0 Å². The number of nitrogens with one attached hydrogen (secondary N) is 1. The number of thiol groups is 1. The standard InChI is InChI=1S/C28H19NO3S/c30-27(29-23-14-5-6-15-24(23)33)25-20-12-4-2-9-18(20)16-22(26(25)28(31)32)21-13-7-10-17-8-1-3-11-19(17)21/h1-16,33H,(H,29,30)(H,31,32). The van der Waals surface area contributed by atoms with Gasteiger partial charge in [-0.15, -0.1) is 12.6 Å². The third-order valence-electron chi connectivity index (χ3n) is 5.72. The summed E-state index contributed by atoms with van der Waals surface area (Å²) in [4.78, 5) is 26.8. The summed E-state index contributed by atoms with van der Waals surface area (Å²) in [6.07, 6.45) is 0. The minimum absolute atomic E-state index is 0.0285. The molecule has 0 atom stereocenters. The Kier molecular flexibility index (Phi) is 5.32. The summed E-state index contributed by atoms with van der Waals surface area (Å²) in [5.74, 6) is -1.65. The number of hydrogen-bond acceptors (Lipinski definition) is 3. The predicted octanol–water partition coefficient (Wildman–Crippen LogP) is 6.90. The van der Waals surface area contributed by atoms with Gasteiger partial charge in [0.2, 0.25) is 0 Å². The van der Waals surface area contributed by atoms with Crippen LogP contribution >= 0.6 is 12.6 Å². The van der Waals surface area contributed by atoms with Crippen molar-refractivity contribution in [1.82, 2.24) is 0 Å².